The molecule has 0 unspecified atom stereocenters. The van der Waals surface area contributed by atoms with E-state index in [9.17, 15) is 9.59 Å². The maximum Gasteiger partial charge on any atom is 0.408 e. The maximum absolute atomic E-state index is 12.7. The zero-order valence-electron chi connectivity index (χ0n) is 14.4. The van der Waals surface area contributed by atoms with E-state index in [0.717, 1.165) is 4.47 Å². The number of rotatable bonds is 4. The lowest BCUT2D eigenvalue weighted by atomic mass is 10.1. The average molecular weight is 405 g/mol. The number of alkyl carbamates (subject to hydrolysis) is 1. The Morgan fingerprint density at radius 1 is 1.00 bits per heavy atom. The zero-order valence-corrected chi connectivity index (χ0v) is 16.0. The van der Waals surface area contributed by atoms with Crippen molar-refractivity contribution >= 4 is 33.6 Å². The minimum Gasteiger partial charge on any atom is -0.444 e. The standard InChI is InChI=1S/C19H21BrN2O3/c1-19(2,3)25-18(24)22-16(13-7-5-4-6-8-13)17(23)21-15-11-9-14(20)10-12-15/h4-12,16H,1-3H3,(H,21,23)(H,22,24)/t16-/m1/s1. The molecule has 0 spiro atoms. The summed E-state index contributed by atoms with van der Waals surface area (Å²) >= 11 is 3.35. The molecule has 0 saturated heterocycles. The van der Waals surface area contributed by atoms with Gasteiger partial charge in [0.2, 0.25) is 0 Å². The summed E-state index contributed by atoms with van der Waals surface area (Å²) in [5, 5.41) is 5.44. The van der Waals surface area contributed by atoms with Gasteiger partial charge in [-0.1, -0.05) is 46.3 Å². The van der Waals surface area contributed by atoms with Crippen LogP contribution in [0, 0.1) is 0 Å². The first-order valence-electron chi connectivity index (χ1n) is 7.85. The van der Waals surface area contributed by atoms with E-state index in [4.69, 9.17) is 4.74 Å². The van der Waals surface area contributed by atoms with Gasteiger partial charge in [-0.05, 0) is 50.6 Å². The van der Waals surface area contributed by atoms with Gasteiger partial charge in [-0.3, -0.25) is 4.79 Å². The molecule has 0 heterocycles. The van der Waals surface area contributed by atoms with Crippen LogP contribution in [0.15, 0.2) is 59.1 Å². The first kappa shape index (κ1) is 19.0. The normalized spacial score (nSPS) is 12.2. The molecular weight excluding hydrogens is 384 g/mol. The minimum atomic E-state index is -0.861. The van der Waals surface area contributed by atoms with Gasteiger partial charge in [-0.2, -0.15) is 0 Å². The van der Waals surface area contributed by atoms with Crippen LogP contribution in [0.5, 0.6) is 0 Å². The van der Waals surface area contributed by atoms with Gasteiger partial charge in [0, 0.05) is 10.2 Å². The third-order valence-corrected chi connectivity index (χ3v) is 3.70. The third-order valence-electron chi connectivity index (χ3n) is 3.17. The second kappa shape index (κ2) is 8.16. The van der Waals surface area contributed by atoms with Crippen molar-refractivity contribution in [3.8, 4) is 0 Å². The first-order valence-corrected chi connectivity index (χ1v) is 8.65. The number of carbonyl (C=O) groups excluding carboxylic acids is 2. The largest absolute Gasteiger partial charge is 0.444 e. The SMILES string of the molecule is CC(C)(C)OC(=O)N[C@@H](C(=O)Nc1ccc(Br)cc1)c1ccccc1. The molecule has 2 aromatic rings. The molecule has 0 aliphatic carbocycles. The molecule has 0 bridgehead atoms. The molecule has 2 amide bonds. The number of carbonyl (C=O) groups is 2. The van der Waals surface area contributed by atoms with E-state index in [2.05, 4.69) is 26.6 Å². The van der Waals surface area contributed by atoms with Gasteiger partial charge in [-0.15, -0.1) is 0 Å². The molecule has 132 valence electrons. The topological polar surface area (TPSA) is 67.4 Å². The lowest BCUT2D eigenvalue weighted by Gasteiger charge is -2.23. The second-order valence-corrected chi connectivity index (χ2v) is 7.40. The molecule has 5 nitrogen and oxygen atoms in total. The number of halogens is 1. The Balaban J connectivity index is 2.17. The second-order valence-electron chi connectivity index (χ2n) is 6.49. The van der Waals surface area contributed by atoms with Crippen molar-refractivity contribution < 1.29 is 14.3 Å². The van der Waals surface area contributed by atoms with Crippen molar-refractivity contribution in [3.05, 3.63) is 64.6 Å². The summed E-state index contributed by atoms with van der Waals surface area (Å²) in [6.07, 6.45) is -0.646. The average Bonchev–Trinajstić information content (AvgIpc) is 2.54. The predicted octanol–water partition coefficient (Wildman–Crippen LogP) is 4.65. The fourth-order valence-electron chi connectivity index (χ4n) is 2.12. The monoisotopic (exact) mass is 404 g/mol. The number of hydrogen-bond donors (Lipinski definition) is 2. The first-order chi connectivity index (χ1) is 11.7. The quantitative estimate of drug-likeness (QED) is 0.778. The highest BCUT2D eigenvalue weighted by atomic mass is 79.9. The van der Waals surface area contributed by atoms with Crippen molar-refractivity contribution in [2.24, 2.45) is 0 Å². The van der Waals surface area contributed by atoms with Crippen LogP contribution in [0.2, 0.25) is 0 Å². The third kappa shape index (κ3) is 6.23. The van der Waals surface area contributed by atoms with Crippen molar-refractivity contribution in [2.75, 3.05) is 5.32 Å². The summed E-state index contributed by atoms with van der Waals surface area (Å²) < 4.78 is 6.18. The minimum absolute atomic E-state index is 0.348. The Hall–Kier alpha value is -2.34. The molecule has 2 aromatic carbocycles. The van der Waals surface area contributed by atoms with Gasteiger partial charge in [0.25, 0.3) is 5.91 Å². The van der Waals surface area contributed by atoms with Gasteiger partial charge in [-0.25, -0.2) is 4.79 Å². The van der Waals surface area contributed by atoms with Gasteiger partial charge < -0.3 is 15.4 Å². The van der Waals surface area contributed by atoms with Gasteiger partial charge in [0.15, 0.2) is 0 Å². The summed E-state index contributed by atoms with van der Waals surface area (Å²) in [7, 11) is 0. The van der Waals surface area contributed by atoms with Crippen LogP contribution < -0.4 is 10.6 Å². The van der Waals surface area contributed by atoms with Gasteiger partial charge in [0.1, 0.15) is 11.6 Å². The molecule has 1 atom stereocenters. The Kier molecular flexibility index (Phi) is 6.20. The highest BCUT2D eigenvalue weighted by Crippen LogP contribution is 2.19. The summed E-state index contributed by atoms with van der Waals surface area (Å²) in [6.45, 7) is 5.31. The van der Waals surface area contributed by atoms with Crippen LogP contribution in [0.1, 0.15) is 32.4 Å². The van der Waals surface area contributed by atoms with E-state index in [-0.39, 0.29) is 5.91 Å². The van der Waals surface area contributed by atoms with Gasteiger partial charge in [0.05, 0.1) is 0 Å². The summed E-state index contributed by atoms with van der Waals surface area (Å²) in [6, 6.07) is 15.4. The molecule has 0 radical (unpaired) electrons. The van der Waals surface area contributed by atoms with E-state index in [1.165, 1.54) is 0 Å². The molecule has 2 N–H and O–H groups in total. The smallest absolute Gasteiger partial charge is 0.408 e. The van der Waals surface area contributed by atoms with Crippen molar-refractivity contribution in [2.45, 2.75) is 32.4 Å². The van der Waals surface area contributed by atoms with Crippen molar-refractivity contribution in [1.82, 2.24) is 5.32 Å². The van der Waals surface area contributed by atoms with E-state index in [1.807, 2.05) is 30.3 Å². The van der Waals surface area contributed by atoms with Crippen molar-refractivity contribution in [1.29, 1.82) is 0 Å². The highest BCUT2D eigenvalue weighted by Gasteiger charge is 2.25. The van der Waals surface area contributed by atoms with Crippen molar-refractivity contribution in [3.63, 3.8) is 0 Å². The fraction of sp³-hybridized carbons (Fsp3) is 0.263. The number of hydrogen-bond acceptors (Lipinski definition) is 3. The van der Waals surface area contributed by atoms with Crippen LogP contribution in [0.4, 0.5) is 10.5 Å². The highest BCUT2D eigenvalue weighted by molar-refractivity contribution is 9.10. The Morgan fingerprint density at radius 3 is 2.16 bits per heavy atom. The lowest BCUT2D eigenvalue weighted by molar-refractivity contribution is -0.118. The molecule has 0 aliphatic rings. The number of nitrogens with one attached hydrogen (secondary N) is 2. The number of ether oxygens (including phenoxy) is 1. The molecule has 0 aliphatic heterocycles. The maximum atomic E-state index is 12.7. The molecule has 25 heavy (non-hydrogen) atoms. The van der Waals surface area contributed by atoms with Crippen LogP contribution in [-0.4, -0.2) is 17.6 Å². The van der Waals surface area contributed by atoms with E-state index in [1.54, 1.807) is 45.0 Å². The van der Waals surface area contributed by atoms with E-state index in [0.29, 0.717) is 11.3 Å². The molecule has 0 fully saturated rings. The Bertz CT molecular complexity index is 725. The molecule has 0 saturated carbocycles. The van der Waals surface area contributed by atoms with Crippen LogP contribution in [0.3, 0.4) is 0 Å². The van der Waals surface area contributed by atoms with Gasteiger partial charge >= 0.3 is 6.09 Å². The summed E-state index contributed by atoms with van der Waals surface area (Å²) in [5.74, 6) is -0.348. The number of anilines is 1. The Morgan fingerprint density at radius 2 is 1.60 bits per heavy atom. The lowest BCUT2D eigenvalue weighted by Crippen LogP contribution is -2.40. The molecular formula is C19H21BrN2O3. The fourth-order valence-corrected chi connectivity index (χ4v) is 2.38. The molecule has 2 rings (SSSR count). The molecule has 6 heteroatoms. The zero-order chi connectivity index (χ0) is 18.4. The summed E-state index contributed by atoms with van der Waals surface area (Å²) in [4.78, 5) is 24.8. The van der Waals surface area contributed by atoms with Crippen LogP contribution in [0.25, 0.3) is 0 Å². The van der Waals surface area contributed by atoms with Crippen LogP contribution >= 0.6 is 15.9 Å². The number of benzene rings is 2. The predicted molar refractivity (Wildman–Crippen MR) is 101 cm³/mol. The molecule has 0 aromatic heterocycles. The van der Waals surface area contributed by atoms with Crippen LogP contribution in [-0.2, 0) is 9.53 Å². The van der Waals surface area contributed by atoms with E-state index < -0.39 is 17.7 Å². The summed E-state index contributed by atoms with van der Waals surface area (Å²) in [5.41, 5.74) is 0.663. The van der Waals surface area contributed by atoms with E-state index >= 15 is 0 Å². The Labute approximate surface area is 155 Å². The number of amides is 2.